The van der Waals surface area contributed by atoms with E-state index < -0.39 is 11.9 Å². The number of hydrogen-bond acceptors (Lipinski definition) is 4. The summed E-state index contributed by atoms with van der Waals surface area (Å²) >= 11 is 0. The van der Waals surface area contributed by atoms with Gasteiger partial charge < -0.3 is 9.47 Å². The number of carbonyl (C=O) groups is 2. The van der Waals surface area contributed by atoms with Gasteiger partial charge in [-0.15, -0.1) is 0 Å². The Morgan fingerprint density at radius 3 is 2.45 bits per heavy atom. The van der Waals surface area contributed by atoms with Gasteiger partial charge in [0.1, 0.15) is 5.60 Å². The number of carbonyl (C=O) groups excluding carboxylic acids is 2. The van der Waals surface area contributed by atoms with Crippen LogP contribution in [0, 0.1) is 17.8 Å². The highest BCUT2D eigenvalue weighted by molar-refractivity contribution is 5.83. The molecule has 2 bridgehead atoms. The maximum absolute atomic E-state index is 12.2. The third-order valence-corrected chi connectivity index (χ3v) is 5.94. The lowest BCUT2D eigenvalue weighted by molar-refractivity contribution is -0.183. The van der Waals surface area contributed by atoms with Gasteiger partial charge in [0.2, 0.25) is 0 Å². The Labute approximate surface area is 132 Å². The van der Waals surface area contributed by atoms with E-state index in [1.807, 2.05) is 0 Å². The molecule has 3 aliphatic rings. The monoisotopic (exact) mass is 306 g/mol. The van der Waals surface area contributed by atoms with Crippen molar-refractivity contribution in [2.75, 3.05) is 6.61 Å². The predicted molar refractivity (Wildman–Crippen MR) is 82.0 cm³/mol. The second-order valence-corrected chi connectivity index (χ2v) is 7.16. The Morgan fingerprint density at radius 1 is 1.09 bits per heavy atom. The van der Waals surface area contributed by atoms with Crippen LogP contribution in [0.5, 0.6) is 0 Å². The average Bonchev–Trinajstić information content (AvgIpc) is 3.15. The second-order valence-electron chi connectivity index (χ2n) is 7.16. The molecule has 3 unspecified atom stereocenters. The fraction of sp³-hybridized carbons (Fsp3) is 0.778. The number of esters is 2. The summed E-state index contributed by atoms with van der Waals surface area (Å²) < 4.78 is 10.9. The molecule has 3 fully saturated rings. The molecule has 3 atom stereocenters. The van der Waals surface area contributed by atoms with Crippen molar-refractivity contribution < 1.29 is 19.1 Å². The molecule has 4 nitrogen and oxygen atoms in total. The van der Waals surface area contributed by atoms with Crippen molar-refractivity contribution in [1.82, 2.24) is 0 Å². The molecule has 0 aromatic rings. The molecule has 3 rings (SSSR count). The normalized spacial score (nSPS) is 34.4. The van der Waals surface area contributed by atoms with Gasteiger partial charge in [-0.25, -0.2) is 9.59 Å². The van der Waals surface area contributed by atoms with Crippen molar-refractivity contribution >= 4 is 11.9 Å². The van der Waals surface area contributed by atoms with Gasteiger partial charge in [0.25, 0.3) is 0 Å². The van der Waals surface area contributed by atoms with Gasteiger partial charge >= 0.3 is 11.9 Å². The zero-order chi connectivity index (χ0) is 15.6. The van der Waals surface area contributed by atoms with Gasteiger partial charge in [-0.1, -0.05) is 25.8 Å². The number of fused-ring (bicyclic) bond motifs is 2. The van der Waals surface area contributed by atoms with E-state index in [0.717, 1.165) is 18.4 Å². The van der Waals surface area contributed by atoms with Gasteiger partial charge in [0.05, 0.1) is 0 Å². The van der Waals surface area contributed by atoms with E-state index in [2.05, 4.69) is 6.58 Å². The van der Waals surface area contributed by atoms with Crippen LogP contribution < -0.4 is 0 Å². The molecule has 0 N–H and O–H groups in total. The first-order chi connectivity index (χ1) is 10.6. The highest BCUT2D eigenvalue weighted by Gasteiger charge is 2.57. The third kappa shape index (κ3) is 2.92. The molecule has 0 saturated heterocycles. The molecule has 0 amide bonds. The lowest BCUT2D eigenvalue weighted by atomic mass is 9.69. The van der Waals surface area contributed by atoms with Crippen LogP contribution in [0.4, 0.5) is 0 Å². The van der Waals surface area contributed by atoms with E-state index in [1.54, 1.807) is 0 Å². The summed E-state index contributed by atoms with van der Waals surface area (Å²) in [6, 6.07) is 0. The van der Waals surface area contributed by atoms with Crippen molar-refractivity contribution in [3.8, 4) is 0 Å². The molecule has 122 valence electrons. The van der Waals surface area contributed by atoms with Crippen LogP contribution in [0.3, 0.4) is 0 Å². The van der Waals surface area contributed by atoms with Crippen LogP contribution in [-0.4, -0.2) is 24.1 Å². The van der Waals surface area contributed by atoms with Crippen molar-refractivity contribution in [2.45, 2.75) is 63.4 Å². The molecule has 4 heteroatoms. The van der Waals surface area contributed by atoms with Crippen LogP contribution >= 0.6 is 0 Å². The molecule has 0 radical (unpaired) electrons. The highest BCUT2D eigenvalue weighted by Crippen LogP contribution is 2.58. The summed E-state index contributed by atoms with van der Waals surface area (Å²) in [7, 11) is 0. The molecule has 3 aliphatic carbocycles. The summed E-state index contributed by atoms with van der Waals surface area (Å²) in [4.78, 5) is 23.3. The van der Waals surface area contributed by atoms with Gasteiger partial charge in [-0.3, -0.25) is 0 Å². The van der Waals surface area contributed by atoms with Gasteiger partial charge in [-0.05, 0) is 56.3 Å². The third-order valence-electron chi connectivity index (χ3n) is 5.94. The van der Waals surface area contributed by atoms with Crippen LogP contribution in [0.2, 0.25) is 0 Å². The van der Waals surface area contributed by atoms with Crippen molar-refractivity contribution in [2.24, 2.45) is 17.8 Å². The lowest BCUT2D eigenvalue weighted by Crippen LogP contribution is -2.48. The van der Waals surface area contributed by atoms with E-state index in [1.165, 1.54) is 51.4 Å². The standard InChI is InChI=1S/C18H26O4/c1-2-16(19)21-12-17(20)22-18(14-6-4-3-5-7-14)11-13-8-9-15(18)10-13/h2,13-15H,1,3-12H2. The van der Waals surface area contributed by atoms with Crippen LogP contribution in [0.25, 0.3) is 0 Å². The van der Waals surface area contributed by atoms with Crippen molar-refractivity contribution in [3.05, 3.63) is 12.7 Å². The average molecular weight is 306 g/mol. The Bertz CT molecular complexity index is 452. The van der Waals surface area contributed by atoms with Gasteiger partial charge in [0, 0.05) is 6.08 Å². The van der Waals surface area contributed by atoms with Crippen molar-refractivity contribution in [3.63, 3.8) is 0 Å². The smallest absolute Gasteiger partial charge is 0.344 e. The maximum atomic E-state index is 12.2. The minimum Gasteiger partial charge on any atom is -0.456 e. The van der Waals surface area contributed by atoms with Crippen molar-refractivity contribution in [1.29, 1.82) is 0 Å². The molecule has 0 aliphatic heterocycles. The molecule has 22 heavy (non-hydrogen) atoms. The molecule has 0 spiro atoms. The highest BCUT2D eigenvalue weighted by atomic mass is 16.6. The first-order valence-electron chi connectivity index (χ1n) is 8.65. The van der Waals surface area contributed by atoms with E-state index >= 15 is 0 Å². The molecular weight excluding hydrogens is 280 g/mol. The zero-order valence-electron chi connectivity index (χ0n) is 13.2. The number of ether oxygens (including phenoxy) is 2. The Morgan fingerprint density at radius 2 is 1.86 bits per heavy atom. The summed E-state index contributed by atoms with van der Waals surface area (Å²) in [5.74, 6) is 0.760. The maximum Gasteiger partial charge on any atom is 0.344 e. The fourth-order valence-electron chi connectivity index (χ4n) is 5.05. The first kappa shape index (κ1) is 15.6. The topological polar surface area (TPSA) is 52.6 Å². The van der Waals surface area contributed by atoms with Gasteiger partial charge in [-0.2, -0.15) is 0 Å². The van der Waals surface area contributed by atoms with Crippen LogP contribution in [0.15, 0.2) is 12.7 Å². The molecular formula is C18H26O4. The summed E-state index contributed by atoms with van der Waals surface area (Å²) in [6.45, 7) is 3.04. The predicted octanol–water partition coefficient (Wildman–Crippen LogP) is 3.40. The largest absolute Gasteiger partial charge is 0.456 e. The van der Waals surface area contributed by atoms with Crippen LogP contribution in [0.1, 0.15) is 57.8 Å². The Kier molecular flexibility index (Phi) is 4.55. The molecule has 3 saturated carbocycles. The Hall–Kier alpha value is -1.32. The van der Waals surface area contributed by atoms with Gasteiger partial charge in [0.15, 0.2) is 6.61 Å². The molecule has 0 aromatic carbocycles. The summed E-state index contributed by atoms with van der Waals surface area (Å²) in [5, 5.41) is 0. The van der Waals surface area contributed by atoms with E-state index in [0.29, 0.717) is 11.8 Å². The SMILES string of the molecule is C=CC(=O)OCC(=O)OC1(C2CCCCC2)CC2CCC1C2. The lowest BCUT2D eigenvalue weighted by Gasteiger charge is -2.45. The van der Waals surface area contributed by atoms with Crippen LogP contribution in [-0.2, 0) is 19.1 Å². The van der Waals surface area contributed by atoms with E-state index in [9.17, 15) is 9.59 Å². The quantitative estimate of drug-likeness (QED) is 0.577. The van der Waals surface area contributed by atoms with E-state index in [-0.39, 0.29) is 12.2 Å². The van der Waals surface area contributed by atoms with E-state index in [4.69, 9.17) is 9.47 Å². The molecule has 0 aromatic heterocycles. The number of rotatable bonds is 5. The fourth-order valence-corrected chi connectivity index (χ4v) is 5.05. The first-order valence-corrected chi connectivity index (χ1v) is 8.65. The minimum absolute atomic E-state index is 0.277. The summed E-state index contributed by atoms with van der Waals surface area (Å²) in [5.41, 5.74) is -0.277. The Balaban J connectivity index is 1.68. The minimum atomic E-state index is -0.573. The number of hydrogen-bond donors (Lipinski definition) is 0. The molecule has 0 heterocycles. The second kappa shape index (κ2) is 6.43. The zero-order valence-corrected chi connectivity index (χ0v) is 13.2. The summed E-state index contributed by atoms with van der Waals surface area (Å²) in [6.07, 6.45) is 11.9.